The lowest BCUT2D eigenvalue weighted by atomic mass is 9.87. The molecule has 414 valence electrons. The van der Waals surface area contributed by atoms with Crippen LogP contribution in [0.3, 0.4) is 0 Å². The predicted molar refractivity (Wildman–Crippen MR) is 249 cm³/mol. The third kappa shape index (κ3) is 12.2. The zero-order chi connectivity index (χ0) is 57.0. The van der Waals surface area contributed by atoms with E-state index in [9.17, 15) is 84.8 Å². The zero-order valence-corrected chi connectivity index (χ0v) is 40.0. The Labute approximate surface area is 428 Å². The molecular weight excluding hydrogens is 1090 g/mol. The molecule has 1 aliphatic rings. The van der Waals surface area contributed by atoms with E-state index in [1.807, 2.05) is 48.6 Å². The largest absolute Gasteiger partial charge is 0.485 e. The van der Waals surface area contributed by atoms with E-state index < -0.39 is 76.8 Å². The van der Waals surface area contributed by atoms with Gasteiger partial charge in [0.1, 0.15) is 18.9 Å². The number of hydrogen-bond donors (Lipinski definition) is 0. The molecule has 77 heavy (non-hydrogen) atoms. The minimum atomic E-state index is -8.69. The summed E-state index contributed by atoms with van der Waals surface area (Å²) in [7, 11) is 0. The number of non-ortho nitro benzene ring substituents is 1. The number of alkyl halides is 17. The SMILES string of the molecule is CCCN(Cc1ccc(CCC(F)(F)C(F)(F)C(F)(F)C(F)(F)C(F)(F)C(F)(F)C(F)(F)C(F)(F)F)cc1)N=Nc1ccc(/C=C/c2sc(/C=C/c3ccc(/C=C/c4ccc([N+](=O)[O-])cc4)cc3)c3c2OCCO3)cc1F. The molecule has 6 rings (SSSR count). The lowest BCUT2D eigenvalue weighted by Crippen LogP contribution is -2.74. The molecule has 1 aliphatic heterocycles. The van der Waals surface area contributed by atoms with Crippen LogP contribution in [-0.2, 0) is 13.0 Å². The maximum Gasteiger partial charge on any atom is 0.460 e. The fraction of sp³-hybridized carbons (Fsp3) is 0.320. The number of rotatable bonds is 22. The van der Waals surface area contributed by atoms with Gasteiger partial charge in [0.05, 0.1) is 21.2 Å². The third-order valence-corrected chi connectivity index (χ3v) is 12.5. The highest BCUT2D eigenvalue weighted by atomic mass is 32.1. The number of nitro benzene ring substituents is 1. The molecule has 0 fully saturated rings. The number of ether oxygens (including phenoxy) is 2. The Balaban J connectivity index is 1.07. The van der Waals surface area contributed by atoms with Crippen LogP contribution in [0.25, 0.3) is 36.5 Å². The van der Waals surface area contributed by atoms with Gasteiger partial charge in [-0.3, -0.25) is 15.1 Å². The molecule has 8 nitrogen and oxygen atoms in total. The van der Waals surface area contributed by atoms with Crippen LogP contribution < -0.4 is 9.47 Å². The molecule has 0 spiro atoms. The summed E-state index contributed by atoms with van der Waals surface area (Å²) in [4.78, 5) is 11.9. The van der Waals surface area contributed by atoms with Crippen LogP contribution in [0, 0.1) is 15.9 Å². The summed E-state index contributed by atoms with van der Waals surface area (Å²) in [6.07, 6.45) is -0.613. The number of fused-ring (bicyclic) bond motifs is 1. The van der Waals surface area contributed by atoms with Gasteiger partial charge in [-0.05, 0) is 82.6 Å². The molecule has 1 aromatic heterocycles. The normalized spacial score (nSPS) is 14.4. The first-order chi connectivity index (χ1) is 35.8. The van der Waals surface area contributed by atoms with Crippen molar-refractivity contribution in [3.63, 3.8) is 0 Å². The summed E-state index contributed by atoms with van der Waals surface area (Å²) in [5, 5.41) is 20.2. The van der Waals surface area contributed by atoms with E-state index in [2.05, 4.69) is 10.3 Å². The van der Waals surface area contributed by atoms with Crippen LogP contribution in [0.2, 0.25) is 0 Å². The second-order valence-electron chi connectivity index (χ2n) is 17.0. The van der Waals surface area contributed by atoms with Crippen molar-refractivity contribution in [2.75, 3.05) is 19.8 Å². The lowest BCUT2D eigenvalue weighted by molar-refractivity contribution is -0.461. The number of benzene rings is 4. The maximum absolute atomic E-state index is 15.4. The molecule has 0 saturated heterocycles. The Morgan fingerprint density at radius 1 is 0.584 bits per heavy atom. The van der Waals surface area contributed by atoms with E-state index in [4.69, 9.17) is 9.47 Å². The number of hydrogen-bond acceptors (Lipinski definition) is 7. The molecule has 5 aromatic rings. The maximum atomic E-state index is 15.4. The minimum absolute atomic E-state index is 0.00852. The number of thiophene rings is 1. The van der Waals surface area contributed by atoms with E-state index in [0.29, 0.717) is 35.0 Å². The Bertz CT molecular complexity index is 2990. The smallest absolute Gasteiger partial charge is 0.460 e. The molecule has 0 atom stereocenters. The van der Waals surface area contributed by atoms with Crippen molar-refractivity contribution in [2.24, 2.45) is 10.3 Å². The Kier molecular flexibility index (Phi) is 17.3. The van der Waals surface area contributed by atoms with E-state index in [1.54, 1.807) is 37.3 Å². The van der Waals surface area contributed by atoms with Gasteiger partial charge in [-0.25, -0.2) is 4.39 Å². The topological polar surface area (TPSA) is 89.6 Å². The summed E-state index contributed by atoms with van der Waals surface area (Å²) in [6, 6.07) is 22.0. The highest BCUT2D eigenvalue weighted by Crippen LogP contribution is 2.64. The van der Waals surface area contributed by atoms with Gasteiger partial charge >= 0.3 is 47.6 Å². The third-order valence-electron chi connectivity index (χ3n) is 11.4. The summed E-state index contributed by atoms with van der Waals surface area (Å²) in [6.45, 7) is 2.37. The minimum Gasteiger partial charge on any atom is -0.485 e. The first kappa shape index (κ1) is 59.2. The van der Waals surface area contributed by atoms with Crippen LogP contribution >= 0.6 is 11.3 Å². The molecule has 0 amide bonds. The number of nitrogens with zero attached hydrogens (tertiary/aromatic N) is 4. The molecule has 27 heteroatoms. The van der Waals surface area contributed by atoms with E-state index in [0.717, 1.165) is 45.8 Å². The van der Waals surface area contributed by atoms with Crippen molar-refractivity contribution in [1.82, 2.24) is 5.01 Å². The highest BCUT2D eigenvalue weighted by molar-refractivity contribution is 7.14. The molecule has 0 aliphatic carbocycles. The van der Waals surface area contributed by atoms with Gasteiger partial charge in [-0.1, -0.05) is 91.0 Å². The molecule has 0 unspecified atom stereocenters. The van der Waals surface area contributed by atoms with Gasteiger partial charge in [0.2, 0.25) is 0 Å². The van der Waals surface area contributed by atoms with Crippen molar-refractivity contribution in [1.29, 1.82) is 0 Å². The molecule has 0 bridgehead atoms. The summed E-state index contributed by atoms with van der Waals surface area (Å²) < 4.78 is 260. The second-order valence-corrected chi connectivity index (χ2v) is 18.0. The highest BCUT2D eigenvalue weighted by Gasteiger charge is 2.95. The first-order valence-corrected chi connectivity index (χ1v) is 23.2. The van der Waals surface area contributed by atoms with Gasteiger partial charge in [0.25, 0.3) is 5.69 Å². The van der Waals surface area contributed by atoms with Gasteiger partial charge in [0, 0.05) is 25.1 Å². The summed E-state index contributed by atoms with van der Waals surface area (Å²) in [5.41, 5.74) is 2.64. The van der Waals surface area contributed by atoms with Crippen molar-refractivity contribution in [3.05, 3.63) is 150 Å². The van der Waals surface area contributed by atoms with Crippen LogP contribution in [0.5, 0.6) is 11.5 Å². The Hall–Kier alpha value is -7.06. The standard InChI is InChI=1S/C50H38F18N4O4S/c1-2-25-71(29-35-11-9-33(10-12-35)23-24-43(52,53)44(54,55)45(56,57)46(58,59)47(60,61)48(62,63)49(64,65)50(66,67)68)70-69-38-20-15-34(28-37(38)51)17-22-40-42-41(75-26-27-76-42)39(77-40)21-16-31-6-3-30(4-7-31)5-8-32-13-18-36(19-14-32)72(73)74/h3-22,28H,2,23-27,29H2,1H3/b8-5+,21-16+,22-17+,70-69?. The fourth-order valence-corrected chi connectivity index (χ4v) is 8.08. The van der Waals surface area contributed by atoms with Gasteiger partial charge in [0.15, 0.2) is 17.3 Å². The number of halogens is 18. The van der Waals surface area contributed by atoms with E-state index in [1.165, 1.54) is 40.6 Å². The first-order valence-electron chi connectivity index (χ1n) is 22.3. The Morgan fingerprint density at radius 2 is 1.01 bits per heavy atom. The lowest BCUT2D eigenvalue weighted by Gasteiger charge is -2.42. The van der Waals surface area contributed by atoms with E-state index in [-0.39, 0.29) is 36.6 Å². The molecule has 2 heterocycles. The quantitative estimate of drug-likeness (QED) is 0.0226. The zero-order valence-electron chi connectivity index (χ0n) is 39.2. The van der Waals surface area contributed by atoms with E-state index >= 15 is 4.39 Å². The van der Waals surface area contributed by atoms with Crippen LogP contribution in [-0.4, -0.2) is 77.3 Å². The number of nitro groups is 1. The van der Waals surface area contributed by atoms with Crippen molar-refractivity contribution in [3.8, 4) is 11.5 Å². The van der Waals surface area contributed by atoms with Crippen molar-refractivity contribution < 1.29 is 93.4 Å². The molecular formula is C50H38F18N4O4S. The molecule has 4 aromatic carbocycles. The predicted octanol–water partition coefficient (Wildman–Crippen LogP) is 16.9. The average molecular weight is 1130 g/mol. The van der Waals surface area contributed by atoms with Crippen LogP contribution in [0.1, 0.15) is 62.9 Å². The van der Waals surface area contributed by atoms with Gasteiger partial charge < -0.3 is 9.47 Å². The van der Waals surface area contributed by atoms with Gasteiger partial charge in [-0.15, -0.1) is 16.5 Å². The molecule has 0 saturated carbocycles. The van der Waals surface area contributed by atoms with Crippen molar-refractivity contribution >= 4 is 59.2 Å². The van der Waals surface area contributed by atoms with Crippen LogP contribution in [0.4, 0.5) is 90.4 Å². The second kappa shape index (κ2) is 22.5. The summed E-state index contributed by atoms with van der Waals surface area (Å²) in [5.74, 6) is -56.5. The van der Waals surface area contributed by atoms with Crippen molar-refractivity contribution in [2.45, 2.75) is 80.4 Å². The average Bonchev–Trinajstić information content (AvgIpc) is 3.73. The Morgan fingerprint density at radius 3 is 1.48 bits per heavy atom. The molecule has 0 radical (unpaired) electrons. The fourth-order valence-electron chi connectivity index (χ4n) is 7.09. The number of aryl methyl sites for hydroxylation is 1. The monoisotopic (exact) mass is 1130 g/mol. The molecule has 0 N–H and O–H groups in total. The van der Waals surface area contributed by atoms with Gasteiger partial charge in [-0.2, -0.15) is 74.6 Å². The van der Waals surface area contributed by atoms with Crippen LogP contribution in [0.15, 0.2) is 101 Å². The summed E-state index contributed by atoms with van der Waals surface area (Å²) >= 11 is 1.36.